The van der Waals surface area contributed by atoms with E-state index in [0.29, 0.717) is 10.9 Å². The molecule has 0 fully saturated rings. The van der Waals surface area contributed by atoms with Gasteiger partial charge >= 0.3 is 11.9 Å². The largest absolute Gasteiger partial charge is 0.477 e. The Morgan fingerprint density at radius 1 is 1.42 bits per heavy atom. The standard InChI is InChI=1S/C13H10ClNO4/c1-2-3-19-13(18)8-4-7-5-11(12(16)17)15-10(7)6-9(8)14/h2,4-6,15H,1,3H2,(H,16,17). The van der Waals surface area contributed by atoms with Gasteiger partial charge in [-0.1, -0.05) is 24.3 Å². The Balaban J connectivity index is 2.45. The summed E-state index contributed by atoms with van der Waals surface area (Å²) in [6.07, 6.45) is 1.45. The smallest absolute Gasteiger partial charge is 0.352 e. The molecule has 0 unspecified atom stereocenters. The molecule has 98 valence electrons. The van der Waals surface area contributed by atoms with E-state index < -0.39 is 11.9 Å². The van der Waals surface area contributed by atoms with E-state index in [1.54, 1.807) is 0 Å². The zero-order valence-electron chi connectivity index (χ0n) is 9.77. The Bertz CT molecular complexity index is 675. The van der Waals surface area contributed by atoms with Crippen LogP contribution >= 0.6 is 11.6 Å². The van der Waals surface area contributed by atoms with E-state index in [9.17, 15) is 9.59 Å². The topological polar surface area (TPSA) is 79.4 Å². The van der Waals surface area contributed by atoms with Crippen molar-refractivity contribution in [3.8, 4) is 0 Å². The molecule has 0 spiro atoms. The summed E-state index contributed by atoms with van der Waals surface area (Å²) in [4.78, 5) is 25.3. The van der Waals surface area contributed by atoms with Crippen LogP contribution in [0.3, 0.4) is 0 Å². The minimum atomic E-state index is -1.08. The van der Waals surface area contributed by atoms with Crippen LogP contribution in [-0.4, -0.2) is 28.6 Å². The molecule has 5 nitrogen and oxygen atoms in total. The molecule has 0 bridgehead atoms. The second kappa shape index (κ2) is 5.16. The predicted molar refractivity (Wildman–Crippen MR) is 70.7 cm³/mol. The van der Waals surface area contributed by atoms with Crippen molar-refractivity contribution < 1.29 is 19.4 Å². The summed E-state index contributed by atoms with van der Waals surface area (Å²) in [5.74, 6) is -1.66. The maximum absolute atomic E-state index is 11.7. The highest BCUT2D eigenvalue weighted by Crippen LogP contribution is 2.25. The number of H-pyrrole nitrogens is 1. The zero-order chi connectivity index (χ0) is 14.0. The van der Waals surface area contributed by atoms with E-state index in [4.69, 9.17) is 21.4 Å². The number of rotatable bonds is 4. The maximum atomic E-state index is 11.7. The normalized spacial score (nSPS) is 10.4. The van der Waals surface area contributed by atoms with Crippen molar-refractivity contribution >= 4 is 34.4 Å². The van der Waals surface area contributed by atoms with Crippen LogP contribution in [0.4, 0.5) is 0 Å². The molecular weight excluding hydrogens is 270 g/mol. The van der Waals surface area contributed by atoms with Gasteiger partial charge in [-0.2, -0.15) is 0 Å². The summed E-state index contributed by atoms with van der Waals surface area (Å²) in [6.45, 7) is 3.52. The van der Waals surface area contributed by atoms with Crippen molar-refractivity contribution in [2.24, 2.45) is 0 Å². The van der Waals surface area contributed by atoms with E-state index in [1.165, 1.54) is 24.3 Å². The number of hydrogen-bond donors (Lipinski definition) is 2. The first-order valence-corrected chi connectivity index (χ1v) is 5.74. The summed E-state index contributed by atoms with van der Waals surface area (Å²) in [5, 5.41) is 9.65. The quantitative estimate of drug-likeness (QED) is 0.666. The van der Waals surface area contributed by atoms with Gasteiger partial charge < -0.3 is 14.8 Å². The summed E-state index contributed by atoms with van der Waals surface area (Å²) < 4.78 is 4.89. The Morgan fingerprint density at radius 3 is 2.79 bits per heavy atom. The van der Waals surface area contributed by atoms with Crippen molar-refractivity contribution in [2.45, 2.75) is 0 Å². The van der Waals surface area contributed by atoms with Crippen LogP contribution < -0.4 is 0 Å². The van der Waals surface area contributed by atoms with Gasteiger partial charge in [-0.15, -0.1) is 0 Å². The van der Waals surface area contributed by atoms with Gasteiger partial charge in [0, 0.05) is 10.9 Å². The first kappa shape index (κ1) is 13.2. The Hall–Kier alpha value is -2.27. The number of nitrogens with one attached hydrogen (secondary N) is 1. The Labute approximate surface area is 113 Å². The van der Waals surface area contributed by atoms with Crippen molar-refractivity contribution in [3.05, 3.63) is 47.1 Å². The monoisotopic (exact) mass is 279 g/mol. The number of aromatic carboxylic acids is 1. The van der Waals surface area contributed by atoms with Crippen LogP contribution in [-0.2, 0) is 4.74 Å². The van der Waals surface area contributed by atoms with Crippen LogP contribution in [0.5, 0.6) is 0 Å². The summed E-state index contributed by atoms with van der Waals surface area (Å²) in [7, 11) is 0. The number of halogens is 1. The summed E-state index contributed by atoms with van der Waals surface area (Å²) in [6, 6.07) is 4.41. The number of carboxylic acid groups (broad SMARTS) is 1. The molecule has 0 amide bonds. The summed E-state index contributed by atoms with van der Waals surface area (Å²) in [5.41, 5.74) is 0.761. The van der Waals surface area contributed by atoms with Crippen molar-refractivity contribution in [2.75, 3.05) is 6.61 Å². The molecule has 2 rings (SSSR count). The van der Waals surface area contributed by atoms with Crippen LogP contribution in [0.25, 0.3) is 10.9 Å². The number of fused-ring (bicyclic) bond motifs is 1. The lowest BCUT2D eigenvalue weighted by Gasteiger charge is -2.04. The van der Waals surface area contributed by atoms with Gasteiger partial charge in [-0.3, -0.25) is 0 Å². The number of benzene rings is 1. The number of esters is 1. The lowest BCUT2D eigenvalue weighted by Crippen LogP contribution is -2.05. The highest BCUT2D eigenvalue weighted by molar-refractivity contribution is 6.34. The maximum Gasteiger partial charge on any atom is 0.352 e. The third-order valence-electron chi connectivity index (χ3n) is 2.49. The Kier molecular flexibility index (Phi) is 3.57. The van der Waals surface area contributed by atoms with Crippen LogP contribution in [0.1, 0.15) is 20.8 Å². The molecule has 0 saturated carbocycles. The molecule has 2 N–H and O–H groups in total. The van der Waals surface area contributed by atoms with Crippen LogP contribution in [0.2, 0.25) is 5.02 Å². The molecule has 19 heavy (non-hydrogen) atoms. The first-order chi connectivity index (χ1) is 9.02. The van der Waals surface area contributed by atoms with Gasteiger partial charge in [-0.05, 0) is 18.2 Å². The second-order valence-corrected chi connectivity index (χ2v) is 4.20. The molecule has 0 aliphatic carbocycles. The third-order valence-corrected chi connectivity index (χ3v) is 2.80. The summed E-state index contributed by atoms with van der Waals surface area (Å²) >= 11 is 5.97. The molecule has 0 aliphatic heterocycles. The number of ether oxygens (including phenoxy) is 1. The Morgan fingerprint density at radius 2 is 2.16 bits per heavy atom. The molecule has 0 saturated heterocycles. The van der Waals surface area contributed by atoms with E-state index in [1.807, 2.05) is 0 Å². The number of hydrogen-bond acceptors (Lipinski definition) is 3. The average molecular weight is 280 g/mol. The van der Waals surface area contributed by atoms with E-state index >= 15 is 0 Å². The fourth-order valence-corrected chi connectivity index (χ4v) is 1.88. The SMILES string of the molecule is C=CCOC(=O)c1cc2cc(C(=O)O)[nH]c2cc1Cl. The zero-order valence-corrected chi connectivity index (χ0v) is 10.5. The van der Waals surface area contributed by atoms with E-state index in [-0.39, 0.29) is 22.9 Å². The molecular formula is C13H10ClNO4. The number of aromatic nitrogens is 1. The number of carbonyl (C=O) groups is 2. The van der Waals surface area contributed by atoms with Gasteiger partial charge in [0.15, 0.2) is 0 Å². The first-order valence-electron chi connectivity index (χ1n) is 5.36. The fraction of sp³-hybridized carbons (Fsp3) is 0.0769. The number of aromatic amines is 1. The van der Waals surface area contributed by atoms with Crippen molar-refractivity contribution in [1.82, 2.24) is 4.98 Å². The van der Waals surface area contributed by atoms with Gasteiger partial charge in [0.05, 0.1) is 10.6 Å². The van der Waals surface area contributed by atoms with E-state index in [2.05, 4.69) is 11.6 Å². The van der Waals surface area contributed by atoms with Crippen LogP contribution in [0, 0.1) is 0 Å². The van der Waals surface area contributed by atoms with Crippen LogP contribution in [0.15, 0.2) is 30.9 Å². The molecule has 1 aromatic heterocycles. The van der Waals surface area contributed by atoms with Crippen molar-refractivity contribution in [1.29, 1.82) is 0 Å². The van der Waals surface area contributed by atoms with Gasteiger partial charge in [-0.25, -0.2) is 9.59 Å². The number of carboxylic acids is 1. The molecule has 6 heteroatoms. The molecule has 1 heterocycles. The third kappa shape index (κ3) is 2.61. The average Bonchev–Trinajstić information content (AvgIpc) is 2.77. The van der Waals surface area contributed by atoms with Gasteiger partial charge in [0.1, 0.15) is 12.3 Å². The van der Waals surface area contributed by atoms with Gasteiger partial charge in [0.2, 0.25) is 0 Å². The lowest BCUT2D eigenvalue weighted by atomic mass is 10.1. The number of carbonyl (C=O) groups excluding carboxylic acids is 1. The molecule has 1 aromatic carbocycles. The molecule has 0 radical (unpaired) electrons. The predicted octanol–water partition coefficient (Wildman–Crippen LogP) is 2.86. The molecule has 2 aromatic rings. The lowest BCUT2D eigenvalue weighted by molar-refractivity contribution is 0.0549. The molecule has 0 aliphatic rings. The van der Waals surface area contributed by atoms with E-state index in [0.717, 1.165) is 0 Å². The highest BCUT2D eigenvalue weighted by Gasteiger charge is 2.15. The minimum absolute atomic E-state index is 0.0303. The van der Waals surface area contributed by atoms with Gasteiger partial charge in [0.25, 0.3) is 0 Å². The highest BCUT2D eigenvalue weighted by atomic mass is 35.5. The minimum Gasteiger partial charge on any atom is -0.477 e. The second-order valence-electron chi connectivity index (χ2n) is 3.79. The van der Waals surface area contributed by atoms with Crippen molar-refractivity contribution in [3.63, 3.8) is 0 Å². The fourth-order valence-electron chi connectivity index (χ4n) is 1.64. The molecule has 0 atom stereocenters.